The molecule has 6 aromatic heterocycles. The summed E-state index contributed by atoms with van der Waals surface area (Å²) >= 11 is 0. The van der Waals surface area contributed by atoms with Crippen LogP contribution in [-0.2, 0) is 16.2 Å². The third-order valence-electron chi connectivity index (χ3n) is 19.9. The Morgan fingerprint density at radius 1 is 0.260 bits per heavy atom. The molecule has 4 aliphatic heterocycles. The lowest BCUT2D eigenvalue weighted by Gasteiger charge is -2.19. The molecule has 18 rings (SSSR count). The number of rotatable bonds is 5. The van der Waals surface area contributed by atoms with E-state index in [1.54, 1.807) is 0 Å². The van der Waals surface area contributed by atoms with Crippen molar-refractivity contribution in [2.45, 2.75) is 78.6 Å². The van der Waals surface area contributed by atoms with Crippen LogP contribution in [-0.4, -0.2) is 59.8 Å². The van der Waals surface area contributed by atoms with Gasteiger partial charge in [-0.15, -0.1) is 0 Å². The van der Waals surface area contributed by atoms with Crippen molar-refractivity contribution in [3.8, 4) is 90.1 Å². The summed E-state index contributed by atoms with van der Waals surface area (Å²) in [6.07, 6.45) is 6.55. The predicted octanol–water partition coefficient (Wildman–Crippen LogP) is 21.8. The SMILES string of the molecule is CC(C)(C)c1ccc2c(c1)-c1nc-2nc2[nH]c(nc3nc(nc4[nH]c(n1)c1ccc(C(C)(C)C)cc41)-c1cc(C4=Cc5nc4c(-c4ccccc4)c4ccc([nH]4)c(-c4ccccc4)c4nc(c(-c6ccccc6)c6ccc([nH]6)c5-c5ccccc5)C=C4)ccc1-3)c1ccc(C(C)(C)C)cc21. The van der Waals surface area contributed by atoms with Crippen molar-refractivity contribution >= 4 is 90.0 Å². The van der Waals surface area contributed by atoms with Crippen molar-refractivity contribution in [1.82, 2.24) is 59.8 Å². The zero-order valence-corrected chi connectivity index (χ0v) is 57.1. The Labute approximate surface area is 578 Å². The normalized spacial score (nSPS) is 12.9. The molecule has 0 saturated heterocycles. The van der Waals surface area contributed by atoms with Gasteiger partial charge in [0, 0.05) is 93.7 Å². The molecule has 12 nitrogen and oxygen atoms in total. The van der Waals surface area contributed by atoms with E-state index in [4.69, 9.17) is 39.9 Å². The highest BCUT2D eigenvalue weighted by Crippen LogP contribution is 2.46. The summed E-state index contributed by atoms with van der Waals surface area (Å²) in [6.45, 7) is 20.1. The predicted molar refractivity (Wildman–Crippen MR) is 411 cm³/mol. The van der Waals surface area contributed by atoms with Crippen LogP contribution in [0.25, 0.3) is 180 Å². The Bertz CT molecular complexity index is 6190. The first-order chi connectivity index (χ1) is 48.4. The molecular weight excluding hydrogens is 1230 g/mol. The Balaban J connectivity index is 0.949. The molecular formula is C88H70N12. The first kappa shape index (κ1) is 60.2. The van der Waals surface area contributed by atoms with E-state index in [-0.39, 0.29) is 16.2 Å². The minimum atomic E-state index is -0.177. The van der Waals surface area contributed by atoms with Gasteiger partial charge in [0.05, 0.1) is 22.8 Å². The standard InChI is InChI=1S/C88H70N12/c1-86(2,3)54-31-35-58-63(45-54)83-95-79(58)93-78-57-34-30-53(44-62(57)82(94-78)100-85-65-47-56(88(7,8)9)33-37-60(65)81(99-85)98-84-64-46-55(87(4,5)6)32-36-59(64)80(96-83)97-84)61-48-72-75(51-26-18-12-19-27-51)70-41-40-68(90-70)73(49-22-14-10-15-23-49)66-38-39-67(89-66)74(50-24-16-11-17-25-50)69-42-43-71(91-69)76(77(61)92-72)52-28-20-13-21-29-52/h10-48,90-91H,1-9H3,(H2,93,94,95,96,97,98,99,100). The maximum Gasteiger partial charge on any atom is 0.164 e. The molecule has 100 heavy (non-hydrogen) atoms. The van der Waals surface area contributed by atoms with Crippen molar-refractivity contribution < 1.29 is 0 Å². The van der Waals surface area contributed by atoms with E-state index in [0.717, 1.165) is 150 Å². The molecule has 0 saturated carbocycles. The van der Waals surface area contributed by atoms with E-state index in [9.17, 15) is 0 Å². The van der Waals surface area contributed by atoms with E-state index < -0.39 is 0 Å². The number of hydrogen-bond donors (Lipinski definition) is 4. The number of H-pyrrole nitrogens is 4. The molecule has 0 atom stereocenters. The lowest BCUT2D eigenvalue weighted by molar-refractivity contribution is 0.590. The molecule has 0 aliphatic carbocycles. The van der Waals surface area contributed by atoms with Crippen LogP contribution in [0.2, 0.25) is 0 Å². The average molecular weight is 1300 g/mol. The molecule has 8 aromatic carbocycles. The fourth-order valence-corrected chi connectivity index (χ4v) is 14.5. The van der Waals surface area contributed by atoms with Gasteiger partial charge in [-0.1, -0.05) is 226 Å². The van der Waals surface area contributed by atoms with Crippen molar-refractivity contribution in [3.63, 3.8) is 0 Å². The molecule has 14 aromatic rings. The van der Waals surface area contributed by atoms with Crippen LogP contribution in [0.4, 0.5) is 0 Å². The van der Waals surface area contributed by atoms with Gasteiger partial charge in [0.15, 0.2) is 23.3 Å². The second-order valence-corrected chi connectivity index (χ2v) is 29.6. The summed E-state index contributed by atoms with van der Waals surface area (Å²) in [7, 11) is 0. The Morgan fingerprint density at radius 2 is 0.620 bits per heavy atom. The van der Waals surface area contributed by atoms with Crippen LogP contribution in [0.5, 0.6) is 0 Å². The highest BCUT2D eigenvalue weighted by molar-refractivity contribution is 6.09. The summed E-state index contributed by atoms with van der Waals surface area (Å²) in [5.41, 5.74) is 25.6. The Morgan fingerprint density at radius 3 is 1.06 bits per heavy atom. The molecule has 482 valence electrons. The zero-order valence-electron chi connectivity index (χ0n) is 57.1. The fourth-order valence-electron chi connectivity index (χ4n) is 14.5. The summed E-state index contributed by atoms with van der Waals surface area (Å²) < 4.78 is 0. The molecule has 0 unspecified atom stereocenters. The topological polar surface area (TPSA) is 166 Å². The van der Waals surface area contributed by atoms with Crippen LogP contribution in [0.15, 0.2) is 218 Å². The average Bonchev–Trinajstić information content (AvgIpc) is 1.59. The second kappa shape index (κ2) is 22.7. The molecule has 0 amide bonds. The van der Waals surface area contributed by atoms with Gasteiger partial charge < -0.3 is 19.9 Å². The van der Waals surface area contributed by atoms with Crippen LogP contribution < -0.4 is 0 Å². The number of aromatic amines is 4. The molecule has 4 N–H and O–H groups in total. The summed E-state index contributed by atoms with van der Waals surface area (Å²) in [4.78, 5) is 60.0. The molecule has 16 bridgehead atoms. The maximum absolute atomic E-state index is 5.95. The lowest BCUT2D eigenvalue weighted by atomic mass is 9.85. The summed E-state index contributed by atoms with van der Waals surface area (Å²) in [6, 6.07) is 77.3. The second-order valence-electron chi connectivity index (χ2n) is 29.6. The number of nitrogens with one attached hydrogen (secondary N) is 4. The molecule has 0 spiro atoms. The van der Waals surface area contributed by atoms with E-state index in [1.807, 2.05) is 0 Å². The van der Waals surface area contributed by atoms with E-state index >= 15 is 0 Å². The molecule has 0 radical (unpaired) electrons. The number of fused-ring (bicyclic) bond motifs is 28. The van der Waals surface area contributed by atoms with Crippen LogP contribution >= 0.6 is 0 Å². The van der Waals surface area contributed by atoms with Crippen molar-refractivity contribution in [2.75, 3.05) is 0 Å². The van der Waals surface area contributed by atoms with Crippen LogP contribution in [0.1, 0.15) is 107 Å². The minimum Gasteiger partial charge on any atom is -0.354 e. The van der Waals surface area contributed by atoms with Gasteiger partial charge in [-0.2, -0.15) is 0 Å². The third kappa shape index (κ3) is 10.3. The maximum atomic E-state index is 5.95. The fraction of sp³-hybridized carbons (Fsp3) is 0.136. The quantitative estimate of drug-likeness (QED) is 0.132. The van der Waals surface area contributed by atoms with E-state index in [1.165, 1.54) is 11.1 Å². The number of hydrogen-bond acceptors (Lipinski definition) is 8. The van der Waals surface area contributed by atoms with Gasteiger partial charge >= 0.3 is 0 Å². The van der Waals surface area contributed by atoms with E-state index in [0.29, 0.717) is 45.9 Å². The number of nitrogens with zero attached hydrogens (tertiary/aromatic N) is 8. The largest absolute Gasteiger partial charge is 0.354 e. The van der Waals surface area contributed by atoms with Crippen LogP contribution in [0.3, 0.4) is 0 Å². The van der Waals surface area contributed by atoms with Gasteiger partial charge in [0.2, 0.25) is 0 Å². The van der Waals surface area contributed by atoms with Crippen molar-refractivity contribution in [1.29, 1.82) is 0 Å². The minimum absolute atomic E-state index is 0.140. The van der Waals surface area contributed by atoms with Gasteiger partial charge in [0.1, 0.15) is 22.6 Å². The first-order valence-corrected chi connectivity index (χ1v) is 34.2. The third-order valence-corrected chi connectivity index (χ3v) is 19.9. The Hall–Kier alpha value is -12.3. The van der Waals surface area contributed by atoms with Crippen molar-refractivity contribution in [3.05, 3.63) is 263 Å². The number of aromatic nitrogens is 12. The molecule has 0 fully saturated rings. The summed E-state index contributed by atoms with van der Waals surface area (Å²) in [5.74, 6) is 2.12. The highest BCUT2D eigenvalue weighted by Gasteiger charge is 2.30. The van der Waals surface area contributed by atoms with E-state index in [2.05, 4.69) is 319 Å². The first-order valence-electron chi connectivity index (χ1n) is 34.2. The molecule has 12 heteroatoms. The van der Waals surface area contributed by atoms with Crippen LogP contribution in [0, 0.1) is 0 Å². The Kier molecular flexibility index (Phi) is 13.6. The summed E-state index contributed by atoms with van der Waals surface area (Å²) in [5, 5.41) is 3.65. The van der Waals surface area contributed by atoms with Gasteiger partial charge in [-0.05, 0) is 134 Å². The lowest BCUT2D eigenvalue weighted by Crippen LogP contribution is -2.10. The monoisotopic (exact) mass is 1290 g/mol. The van der Waals surface area contributed by atoms with Gasteiger partial charge in [-0.25, -0.2) is 39.9 Å². The molecule has 10 heterocycles. The zero-order chi connectivity index (χ0) is 67.9. The van der Waals surface area contributed by atoms with Crippen molar-refractivity contribution in [2.24, 2.45) is 0 Å². The molecule has 4 aliphatic rings. The number of benzene rings is 8. The smallest absolute Gasteiger partial charge is 0.164 e. The van der Waals surface area contributed by atoms with Gasteiger partial charge in [-0.3, -0.25) is 0 Å². The van der Waals surface area contributed by atoms with Gasteiger partial charge in [0.25, 0.3) is 0 Å². The highest BCUT2D eigenvalue weighted by atomic mass is 15.1.